The summed E-state index contributed by atoms with van der Waals surface area (Å²) in [6.45, 7) is 1.84. The summed E-state index contributed by atoms with van der Waals surface area (Å²) in [5.74, 6) is -2.75. The molecule has 2 rings (SSSR count). The highest BCUT2D eigenvalue weighted by Crippen LogP contribution is 2.22. The molecule has 0 spiro atoms. The number of benzene rings is 1. The number of nitrogens with two attached hydrogens (primary N) is 2. The molecule has 0 radical (unpaired) electrons. The summed E-state index contributed by atoms with van der Waals surface area (Å²) in [4.78, 5) is 23.1. The van der Waals surface area contributed by atoms with Crippen LogP contribution in [-0.2, 0) is 4.79 Å². The van der Waals surface area contributed by atoms with Crippen molar-refractivity contribution in [1.29, 1.82) is 0 Å². The summed E-state index contributed by atoms with van der Waals surface area (Å²) >= 11 is 1.20. The monoisotopic (exact) mass is 340 g/mol. The summed E-state index contributed by atoms with van der Waals surface area (Å²) in [6, 6.07) is 4.95. The van der Waals surface area contributed by atoms with Crippen LogP contribution >= 0.6 is 11.3 Å². The molecular formula is C15H16F2N3O2S+. The minimum atomic E-state index is -0.920. The number of primary amides is 1. The van der Waals surface area contributed by atoms with E-state index in [1.165, 1.54) is 23.5 Å². The zero-order valence-electron chi connectivity index (χ0n) is 12.3. The second-order valence-electron chi connectivity index (χ2n) is 4.98. The fourth-order valence-corrected chi connectivity index (χ4v) is 2.80. The van der Waals surface area contributed by atoms with Gasteiger partial charge in [-0.15, -0.1) is 11.3 Å². The average Bonchev–Trinajstić information content (AvgIpc) is 2.96. The van der Waals surface area contributed by atoms with Crippen LogP contribution in [0.4, 0.5) is 13.8 Å². The lowest BCUT2D eigenvalue weighted by Crippen LogP contribution is -2.86. The zero-order chi connectivity index (χ0) is 17.0. The van der Waals surface area contributed by atoms with Crippen molar-refractivity contribution in [2.75, 3.05) is 11.9 Å². The predicted octanol–water partition coefficient (Wildman–Crippen LogP) is 1.39. The number of nitrogens with one attached hydrogen (secondary N) is 1. The van der Waals surface area contributed by atoms with Gasteiger partial charge >= 0.3 is 0 Å². The molecule has 0 bridgehead atoms. The molecule has 122 valence electrons. The predicted molar refractivity (Wildman–Crippen MR) is 83.0 cm³/mol. The quantitative estimate of drug-likeness (QED) is 0.742. The van der Waals surface area contributed by atoms with Gasteiger partial charge in [-0.05, 0) is 36.6 Å². The van der Waals surface area contributed by atoms with Crippen LogP contribution in [0.25, 0.3) is 0 Å². The summed E-state index contributed by atoms with van der Waals surface area (Å²) in [5, 5.41) is 6.35. The molecule has 2 amide bonds. The third kappa shape index (κ3) is 4.33. The number of anilines is 1. The van der Waals surface area contributed by atoms with Crippen molar-refractivity contribution < 1.29 is 23.7 Å². The van der Waals surface area contributed by atoms with Gasteiger partial charge in [0.25, 0.3) is 11.8 Å². The van der Waals surface area contributed by atoms with Crippen molar-refractivity contribution >= 4 is 28.2 Å². The van der Waals surface area contributed by atoms with Gasteiger partial charge in [0, 0.05) is 5.56 Å². The maximum Gasteiger partial charge on any atom is 0.280 e. The molecule has 0 saturated carbocycles. The lowest BCUT2D eigenvalue weighted by atomic mass is 10.1. The van der Waals surface area contributed by atoms with Crippen LogP contribution in [0.3, 0.4) is 0 Å². The van der Waals surface area contributed by atoms with Gasteiger partial charge in [-0.2, -0.15) is 0 Å². The molecule has 1 atom stereocenters. The Labute approximate surface area is 135 Å². The van der Waals surface area contributed by atoms with Gasteiger partial charge in [-0.25, -0.2) is 8.78 Å². The van der Waals surface area contributed by atoms with Gasteiger partial charge < -0.3 is 16.4 Å². The van der Waals surface area contributed by atoms with Gasteiger partial charge in [0.15, 0.2) is 18.2 Å². The maximum atomic E-state index is 13.2. The first-order chi connectivity index (χ1) is 10.9. The Hall–Kier alpha value is -2.32. The average molecular weight is 340 g/mol. The number of halogens is 2. The molecule has 0 aliphatic heterocycles. The Bertz CT molecular complexity index is 733. The summed E-state index contributed by atoms with van der Waals surface area (Å²) < 4.78 is 26.1. The van der Waals surface area contributed by atoms with Gasteiger partial charge in [0.05, 0.1) is 5.56 Å². The Morgan fingerprint density at radius 2 is 2.04 bits per heavy atom. The van der Waals surface area contributed by atoms with Crippen molar-refractivity contribution in [1.82, 2.24) is 0 Å². The number of carbonyl (C=O) groups is 2. The number of quaternary nitrogens is 1. The number of carbonyl (C=O) groups excluding carboxylic acids is 2. The molecule has 1 aromatic heterocycles. The SMILES string of the molecule is C[C@H]([NH2+]CC(=O)Nc1sccc1C(N)=O)c1ccc(F)c(F)c1. The highest BCUT2D eigenvalue weighted by atomic mass is 32.1. The number of hydrogen-bond acceptors (Lipinski definition) is 3. The first-order valence-corrected chi connectivity index (χ1v) is 7.72. The first-order valence-electron chi connectivity index (χ1n) is 6.84. The van der Waals surface area contributed by atoms with E-state index in [4.69, 9.17) is 5.73 Å². The molecule has 0 saturated heterocycles. The summed E-state index contributed by atoms with van der Waals surface area (Å²) in [5.41, 5.74) is 6.04. The number of amides is 2. The second-order valence-corrected chi connectivity index (χ2v) is 5.89. The normalized spacial score (nSPS) is 12.0. The van der Waals surface area contributed by atoms with Crippen LogP contribution in [0.2, 0.25) is 0 Å². The summed E-state index contributed by atoms with van der Waals surface area (Å²) in [7, 11) is 0. The minimum absolute atomic E-state index is 0.0657. The molecule has 5 nitrogen and oxygen atoms in total. The van der Waals surface area contributed by atoms with Crippen molar-refractivity contribution in [3.05, 3.63) is 52.4 Å². The molecule has 2 aromatic rings. The van der Waals surface area contributed by atoms with Gasteiger partial charge in [0.1, 0.15) is 11.0 Å². The Morgan fingerprint density at radius 3 is 2.70 bits per heavy atom. The minimum Gasteiger partial charge on any atom is -0.366 e. The number of hydrogen-bond donors (Lipinski definition) is 3. The molecule has 23 heavy (non-hydrogen) atoms. The summed E-state index contributed by atoms with van der Waals surface area (Å²) in [6.07, 6.45) is 0. The highest BCUT2D eigenvalue weighted by molar-refractivity contribution is 7.14. The van der Waals surface area contributed by atoms with Crippen LogP contribution in [0.15, 0.2) is 29.6 Å². The molecule has 0 aliphatic carbocycles. The van der Waals surface area contributed by atoms with E-state index in [0.717, 1.165) is 12.1 Å². The van der Waals surface area contributed by atoms with Crippen molar-refractivity contribution in [3.63, 3.8) is 0 Å². The van der Waals surface area contributed by atoms with E-state index in [1.807, 2.05) is 0 Å². The van der Waals surface area contributed by atoms with E-state index < -0.39 is 17.5 Å². The Morgan fingerprint density at radius 1 is 1.30 bits per heavy atom. The molecule has 1 heterocycles. The smallest absolute Gasteiger partial charge is 0.280 e. The van der Waals surface area contributed by atoms with E-state index in [-0.39, 0.29) is 24.1 Å². The zero-order valence-corrected chi connectivity index (χ0v) is 13.1. The van der Waals surface area contributed by atoms with E-state index in [9.17, 15) is 18.4 Å². The molecule has 5 N–H and O–H groups in total. The molecule has 1 aromatic carbocycles. The fraction of sp³-hybridized carbons (Fsp3) is 0.200. The highest BCUT2D eigenvalue weighted by Gasteiger charge is 2.16. The van der Waals surface area contributed by atoms with Crippen molar-refractivity contribution in [2.45, 2.75) is 13.0 Å². The third-order valence-corrected chi connectivity index (χ3v) is 4.14. The second kappa shape index (κ2) is 7.30. The fourth-order valence-electron chi connectivity index (χ4n) is 1.99. The lowest BCUT2D eigenvalue weighted by molar-refractivity contribution is -0.682. The Kier molecular flexibility index (Phi) is 5.41. The number of thiophene rings is 1. The van der Waals surface area contributed by atoms with Crippen molar-refractivity contribution in [2.24, 2.45) is 5.73 Å². The van der Waals surface area contributed by atoms with E-state index in [2.05, 4.69) is 5.32 Å². The third-order valence-electron chi connectivity index (χ3n) is 3.31. The van der Waals surface area contributed by atoms with Crippen LogP contribution in [-0.4, -0.2) is 18.4 Å². The van der Waals surface area contributed by atoms with Crippen LogP contribution in [0.1, 0.15) is 28.9 Å². The largest absolute Gasteiger partial charge is 0.366 e. The number of rotatable bonds is 6. The topological polar surface area (TPSA) is 88.8 Å². The van der Waals surface area contributed by atoms with E-state index in [1.54, 1.807) is 17.6 Å². The molecular weight excluding hydrogens is 324 g/mol. The van der Waals surface area contributed by atoms with E-state index in [0.29, 0.717) is 10.6 Å². The van der Waals surface area contributed by atoms with Gasteiger partial charge in [-0.1, -0.05) is 0 Å². The Balaban J connectivity index is 1.92. The molecule has 8 heteroatoms. The van der Waals surface area contributed by atoms with Gasteiger partial charge in [0.2, 0.25) is 0 Å². The van der Waals surface area contributed by atoms with Crippen molar-refractivity contribution in [3.8, 4) is 0 Å². The molecule has 0 unspecified atom stereocenters. The van der Waals surface area contributed by atoms with Crippen LogP contribution < -0.4 is 16.4 Å². The van der Waals surface area contributed by atoms with Crippen LogP contribution in [0, 0.1) is 11.6 Å². The lowest BCUT2D eigenvalue weighted by Gasteiger charge is -2.11. The maximum absolute atomic E-state index is 13.2. The van der Waals surface area contributed by atoms with Crippen LogP contribution in [0.5, 0.6) is 0 Å². The van der Waals surface area contributed by atoms with Gasteiger partial charge in [-0.3, -0.25) is 9.59 Å². The van der Waals surface area contributed by atoms with E-state index >= 15 is 0 Å². The molecule has 0 aliphatic rings. The standard InChI is InChI=1S/C15H15F2N3O2S/c1-8(9-2-3-11(16)12(17)6-9)19-7-13(21)20-15-10(14(18)22)4-5-23-15/h2-6,8,19H,7H2,1H3,(H2,18,22)(H,20,21)/p+1/t8-/m0/s1. The molecule has 0 fully saturated rings. The first kappa shape index (κ1) is 17.0.